The quantitative estimate of drug-likeness (QED) is 0.314. The molecule has 1 aliphatic rings. The minimum Gasteiger partial charge on any atom is -0.497 e. The van der Waals surface area contributed by atoms with Gasteiger partial charge >= 0.3 is 0 Å². The summed E-state index contributed by atoms with van der Waals surface area (Å²) in [6, 6.07) is 23.5. The van der Waals surface area contributed by atoms with Crippen molar-refractivity contribution in [1.82, 2.24) is 4.90 Å². The molecule has 0 radical (unpaired) electrons. The molecule has 39 heavy (non-hydrogen) atoms. The molecule has 8 nitrogen and oxygen atoms in total. The number of benzene rings is 3. The number of methoxy groups -OCH3 is 2. The molecule has 4 aromatic rings. The highest BCUT2D eigenvalue weighted by atomic mass is 35.5. The Hall–Kier alpha value is -4.43. The number of carbonyl (C=O) groups excluding carboxylic acids is 2. The van der Waals surface area contributed by atoms with E-state index in [4.69, 9.17) is 25.5 Å². The van der Waals surface area contributed by atoms with E-state index in [9.17, 15) is 9.59 Å². The van der Waals surface area contributed by atoms with Crippen molar-refractivity contribution in [2.45, 2.75) is 0 Å². The maximum absolute atomic E-state index is 13.1. The van der Waals surface area contributed by atoms with Crippen molar-refractivity contribution < 1.29 is 23.5 Å². The van der Waals surface area contributed by atoms with E-state index in [1.807, 2.05) is 47.4 Å². The second kappa shape index (κ2) is 11.5. The zero-order chi connectivity index (χ0) is 27.4. The number of nitrogens with zero attached hydrogens (tertiary/aromatic N) is 2. The highest BCUT2D eigenvalue weighted by Gasteiger charge is 2.23. The van der Waals surface area contributed by atoms with E-state index in [2.05, 4.69) is 10.2 Å². The van der Waals surface area contributed by atoms with Crippen molar-refractivity contribution in [2.24, 2.45) is 0 Å². The number of rotatable bonds is 7. The van der Waals surface area contributed by atoms with Crippen molar-refractivity contribution in [3.05, 3.63) is 95.2 Å². The van der Waals surface area contributed by atoms with Gasteiger partial charge in [-0.2, -0.15) is 0 Å². The lowest BCUT2D eigenvalue weighted by molar-refractivity contribution is 0.0746. The molecular formula is C30H28ClN3O5. The number of ether oxygens (including phenoxy) is 2. The van der Waals surface area contributed by atoms with Crippen LogP contribution in [-0.4, -0.2) is 57.1 Å². The number of halogens is 1. The van der Waals surface area contributed by atoms with Gasteiger partial charge in [0.05, 0.1) is 19.2 Å². The fraction of sp³-hybridized carbons (Fsp3) is 0.200. The Morgan fingerprint density at radius 2 is 1.51 bits per heavy atom. The lowest BCUT2D eigenvalue weighted by Gasteiger charge is -2.36. The van der Waals surface area contributed by atoms with Gasteiger partial charge in [0.15, 0.2) is 5.76 Å². The third-order valence-corrected chi connectivity index (χ3v) is 6.95. The van der Waals surface area contributed by atoms with Crippen LogP contribution in [0, 0.1) is 0 Å². The Balaban J connectivity index is 1.17. The fourth-order valence-electron chi connectivity index (χ4n) is 4.50. The second-order valence-electron chi connectivity index (χ2n) is 9.03. The van der Waals surface area contributed by atoms with Crippen molar-refractivity contribution in [3.8, 4) is 22.8 Å². The molecule has 1 saturated heterocycles. The molecule has 9 heteroatoms. The van der Waals surface area contributed by atoms with Crippen molar-refractivity contribution in [3.63, 3.8) is 0 Å². The van der Waals surface area contributed by atoms with Gasteiger partial charge in [-0.3, -0.25) is 9.59 Å². The summed E-state index contributed by atoms with van der Waals surface area (Å²) >= 11 is 6.24. The molecule has 1 aliphatic heterocycles. The highest BCUT2D eigenvalue weighted by Crippen LogP contribution is 2.30. The average Bonchev–Trinajstić information content (AvgIpc) is 3.47. The first-order valence-corrected chi connectivity index (χ1v) is 12.9. The normalized spacial score (nSPS) is 13.2. The fourth-order valence-corrected chi connectivity index (χ4v) is 4.72. The van der Waals surface area contributed by atoms with Gasteiger partial charge in [0.1, 0.15) is 17.3 Å². The number of furan rings is 1. The molecule has 0 atom stereocenters. The van der Waals surface area contributed by atoms with Crippen LogP contribution in [0.25, 0.3) is 11.3 Å². The number of nitrogens with one attached hydrogen (secondary N) is 1. The predicted octanol–water partition coefficient (Wildman–Crippen LogP) is 5.83. The molecule has 1 fully saturated rings. The Labute approximate surface area is 231 Å². The largest absolute Gasteiger partial charge is 0.497 e. The maximum Gasteiger partial charge on any atom is 0.291 e. The van der Waals surface area contributed by atoms with E-state index >= 15 is 0 Å². The van der Waals surface area contributed by atoms with Crippen molar-refractivity contribution >= 4 is 34.8 Å². The van der Waals surface area contributed by atoms with Gasteiger partial charge in [0.2, 0.25) is 0 Å². The third-order valence-electron chi connectivity index (χ3n) is 6.62. The van der Waals surface area contributed by atoms with Crippen molar-refractivity contribution in [1.29, 1.82) is 0 Å². The minimum atomic E-state index is -0.345. The van der Waals surface area contributed by atoms with Gasteiger partial charge in [-0.05, 0) is 60.7 Å². The second-order valence-corrected chi connectivity index (χ2v) is 9.43. The molecule has 1 aromatic heterocycles. The first-order valence-electron chi connectivity index (χ1n) is 12.5. The predicted molar refractivity (Wildman–Crippen MR) is 151 cm³/mol. The van der Waals surface area contributed by atoms with Gasteiger partial charge in [0.25, 0.3) is 11.8 Å². The van der Waals surface area contributed by atoms with Crippen LogP contribution in [0.2, 0.25) is 5.02 Å². The van der Waals surface area contributed by atoms with E-state index < -0.39 is 0 Å². The minimum absolute atomic E-state index is 0.0551. The third kappa shape index (κ3) is 5.86. The number of hydrogen-bond acceptors (Lipinski definition) is 6. The summed E-state index contributed by atoms with van der Waals surface area (Å²) in [7, 11) is 3.13. The highest BCUT2D eigenvalue weighted by molar-refractivity contribution is 6.33. The zero-order valence-electron chi connectivity index (χ0n) is 21.6. The number of piperazine rings is 1. The summed E-state index contributed by atoms with van der Waals surface area (Å²) in [5.41, 5.74) is 2.94. The van der Waals surface area contributed by atoms with Crippen molar-refractivity contribution in [2.75, 3.05) is 50.6 Å². The molecule has 0 unspecified atom stereocenters. The Bertz CT molecular complexity index is 1450. The first kappa shape index (κ1) is 26.2. The molecule has 0 aliphatic carbocycles. The molecule has 3 aromatic carbocycles. The van der Waals surface area contributed by atoms with Gasteiger partial charge in [-0.25, -0.2) is 0 Å². The molecule has 5 rings (SSSR count). The number of carbonyl (C=O) groups is 2. The Kier molecular flexibility index (Phi) is 7.74. The van der Waals surface area contributed by atoms with Gasteiger partial charge < -0.3 is 29.0 Å². The smallest absolute Gasteiger partial charge is 0.291 e. The van der Waals surface area contributed by atoms with Crippen LogP contribution < -0.4 is 19.7 Å². The summed E-state index contributed by atoms with van der Waals surface area (Å²) in [5.74, 6) is 1.49. The molecular weight excluding hydrogens is 518 g/mol. The molecule has 2 heterocycles. The summed E-state index contributed by atoms with van der Waals surface area (Å²) in [5, 5.41) is 3.42. The summed E-state index contributed by atoms with van der Waals surface area (Å²) in [6.45, 7) is 2.55. The van der Waals surface area contributed by atoms with Crippen LogP contribution in [0.1, 0.15) is 20.9 Å². The number of hydrogen-bond donors (Lipinski definition) is 1. The zero-order valence-corrected chi connectivity index (χ0v) is 22.4. The Morgan fingerprint density at radius 1 is 0.846 bits per heavy atom. The van der Waals surface area contributed by atoms with Crippen LogP contribution in [0.15, 0.2) is 83.3 Å². The van der Waals surface area contributed by atoms with E-state index in [0.717, 1.165) is 11.3 Å². The number of amides is 2. The molecule has 0 saturated carbocycles. The van der Waals surface area contributed by atoms with Crippen LogP contribution in [-0.2, 0) is 0 Å². The molecule has 200 valence electrons. The van der Waals surface area contributed by atoms with E-state index in [1.165, 1.54) is 0 Å². The standard InChI is InChI=1S/C30H28ClN3O5/c1-37-23-17-20(18-24(19-23)38-2)30(36)34-15-13-33(14-16-34)22-9-7-21(8-10-22)32-29(35)28-12-11-27(39-28)25-5-3-4-6-26(25)31/h3-12,17-19H,13-16H2,1-2H3,(H,32,35). The summed E-state index contributed by atoms with van der Waals surface area (Å²) in [6.07, 6.45) is 0. The molecule has 0 bridgehead atoms. The maximum atomic E-state index is 13.1. The topological polar surface area (TPSA) is 84.3 Å². The first-order chi connectivity index (χ1) is 18.9. The van der Waals surface area contributed by atoms with E-state index in [0.29, 0.717) is 59.7 Å². The average molecular weight is 546 g/mol. The van der Waals surface area contributed by atoms with Gasteiger partial charge in [-0.15, -0.1) is 0 Å². The monoisotopic (exact) mass is 545 g/mol. The SMILES string of the molecule is COc1cc(OC)cc(C(=O)N2CCN(c3ccc(NC(=O)c4ccc(-c5ccccc5Cl)o4)cc3)CC2)c1. The lowest BCUT2D eigenvalue weighted by Crippen LogP contribution is -2.48. The van der Waals surface area contributed by atoms with E-state index in [1.54, 1.807) is 50.6 Å². The molecule has 2 amide bonds. The number of anilines is 2. The summed E-state index contributed by atoms with van der Waals surface area (Å²) in [4.78, 5) is 29.9. The lowest BCUT2D eigenvalue weighted by atomic mass is 10.1. The Morgan fingerprint density at radius 3 is 2.15 bits per heavy atom. The van der Waals surface area contributed by atoms with Crippen LogP contribution in [0.4, 0.5) is 11.4 Å². The van der Waals surface area contributed by atoms with Gasteiger partial charge in [0, 0.05) is 54.7 Å². The molecule has 1 N–H and O–H groups in total. The molecule has 0 spiro atoms. The van der Waals surface area contributed by atoms with Gasteiger partial charge in [-0.1, -0.05) is 23.7 Å². The van der Waals surface area contributed by atoms with Crippen LogP contribution >= 0.6 is 11.6 Å². The van der Waals surface area contributed by atoms with Crippen LogP contribution in [0.3, 0.4) is 0 Å². The summed E-state index contributed by atoms with van der Waals surface area (Å²) < 4.78 is 16.3. The van der Waals surface area contributed by atoms with E-state index in [-0.39, 0.29) is 17.6 Å². The van der Waals surface area contributed by atoms with Crippen LogP contribution in [0.5, 0.6) is 11.5 Å².